The molecule has 0 amide bonds. The lowest BCUT2D eigenvalue weighted by molar-refractivity contribution is 0.112. The zero-order valence-corrected chi connectivity index (χ0v) is 12.8. The third-order valence-corrected chi connectivity index (χ3v) is 5.03. The van der Waals surface area contributed by atoms with E-state index < -0.39 is 0 Å². The van der Waals surface area contributed by atoms with Crippen LogP contribution in [0.2, 0.25) is 0 Å². The third-order valence-electron chi connectivity index (χ3n) is 3.95. The lowest BCUT2D eigenvalue weighted by atomic mass is 9.93. The molecule has 0 radical (unpaired) electrons. The molecule has 0 spiro atoms. The van der Waals surface area contributed by atoms with Crippen molar-refractivity contribution in [2.75, 3.05) is 19.6 Å². The fourth-order valence-corrected chi connectivity index (χ4v) is 3.68. The molecule has 1 saturated heterocycles. The Balaban J connectivity index is 1.95. The number of hydrogen-bond acceptors (Lipinski definition) is 4. The second-order valence-corrected chi connectivity index (χ2v) is 6.68. The molecular weight excluding hydrogens is 242 g/mol. The van der Waals surface area contributed by atoms with Gasteiger partial charge in [-0.25, -0.2) is 4.98 Å². The summed E-state index contributed by atoms with van der Waals surface area (Å²) in [5, 5.41) is 4.86. The second-order valence-electron chi connectivity index (χ2n) is 5.41. The summed E-state index contributed by atoms with van der Waals surface area (Å²) < 4.78 is 0. The number of piperidine rings is 1. The number of nitrogens with zero attached hydrogens (tertiary/aromatic N) is 2. The van der Waals surface area contributed by atoms with Crippen LogP contribution in [0.25, 0.3) is 0 Å². The van der Waals surface area contributed by atoms with E-state index in [9.17, 15) is 0 Å². The summed E-state index contributed by atoms with van der Waals surface area (Å²) in [5.74, 6) is 0.724. The van der Waals surface area contributed by atoms with Crippen LogP contribution in [0.15, 0.2) is 6.20 Å². The standard InChI is InChI=1S/C14H25N3S/c1-5-15-13-6-7-17(9-10(13)2)12(4)14-16-8-11(3)18-14/h8,10,12-13,15H,5-7,9H2,1-4H3. The molecule has 2 heterocycles. The minimum Gasteiger partial charge on any atom is -0.314 e. The van der Waals surface area contributed by atoms with Crippen LogP contribution in [0.4, 0.5) is 0 Å². The summed E-state index contributed by atoms with van der Waals surface area (Å²) in [6.45, 7) is 12.4. The van der Waals surface area contributed by atoms with Crippen LogP contribution in [-0.2, 0) is 0 Å². The van der Waals surface area contributed by atoms with Crippen LogP contribution >= 0.6 is 11.3 Å². The molecule has 3 atom stereocenters. The van der Waals surface area contributed by atoms with E-state index in [1.165, 1.54) is 29.4 Å². The van der Waals surface area contributed by atoms with Gasteiger partial charge >= 0.3 is 0 Å². The molecule has 0 aromatic carbocycles. The maximum atomic E-state index is 4.53. The van der Waals surface area contributed by atoms with Crippen molar-refractivity contribution in [2.24, 2.45) is 5.92 Å². The molecule has 4 heteroatoms. The Morgan fingerprint density at radius 2 is 2.39 bits per heavy atom. The summed E-state index contributed by atoms with van der Waals surface area (Å²) in [7, 11) is 0. The summed E-state index contributed by atoms with van der Waals surface area (Å²) in [4.78, 5) is 8.43. The first-order chi connectivity index (χ1) is 8.61. The summed E-state index contributed by atoms with van der Waals surface area (Å²) >= 11 is 1.83. The number of nitrogens with one attached hydrogen (secondary N) is 1. The first-order valence-corrected chi connectivity index (χ1v) is 7.83. The summed E-state index contributed by atoms with van der Waals surface area (Å²) in [6, 6.07) is 1.16. The predicted octanol–water partition coefficient (Wildman–Crippen LogP) is 2.83. The second kappa shape index (κ2) is 6.13. The highest BCUT2D eigenvalue weighted by atomic mass is 32.1. The van der Waals surface area contributed by atoms with Gasteiger partial charge in [0.25, 0.3) is 0 Å². The lowest BCUT2D eigenvalue weighted by Crippen LogP contribution is -2.48. The third kappa shape index (κ3) is 3.11. The van der Waals surface area contributed by atoms with Gasteiger partial charge in [-0.05, 0) is 32.7 Å². The molecule has 1 aromatic heterocycles. The average molecular weight is 267 g/mol. The highest BCUT2D eigenvalue weighted by Gasteiger charge is 2.29. The van der Waals surface area contributed by atoms with Gasteiger partial charge < -0.3 is 5.32 Å². The van der Waals surface area contributed by atoms with Gasteiger partial charge in [0.15, 0.2) is 0 Å². The zero-order chi connectivity index (χ0) is 13.1. The molecule has 3 nitrogen and oxygen atoms in total. The minimum absolute atomic E-state index is 0.466. The van der Waals surface area contributed by atoms with Gasteiger partial charge in [-0.3, -0.25) is 4.90 Å². The fraction of sp³-hybridized carbons (Fsp3) is 0.786. The summed E-state index contributed by atoms with van der Waals surface area (Å²) in [6.07, 6.45) is 3.25. The minimum atomic E-state index is 0.466. The molecule has 0 saturated carbocycles. The number of aromatic nitrogens is 1. The van der Waals surface area contributed by atoms with Gasteiger partial charge in [0.1, 0.15) is 5.01 Å². The van der Waals surface area contributed by atoms with Gasteiger partial charge in [0.05, 0.1) is 6.04 Å². The van der Waals surface area contributed by atoms with E-state index in [0.29, 0.717) is 12.1 Å². The van der Waals surface area contributed by atoms with E-state index in [0.717, 1.165) is 12.5 Å². The van der Waals surface area contributed by atoms with Crippen molar-refractivity contribution >= 4 is 11.3 Å². The van der Waals surface area contributed by atoms with E-state index in [1.54, 1.807) is 0 Å². The van der Waals surface area contributed by atoms with Crippen molar-refractivity contribution in [3.8, 4) is 0 Å². The van der Waals surface area contributed by atoms with E-state index >= 15 is 0 Å². The van der Waals surface area contributed by atoms with Gasteiger partial charge in [-0.2, -0.15) is 0 Å². The van der Waals surface area contributed by atoms with E-state index in [4.69, 9.17) is 0 Å². The molecular formula is C14H25N3S. The summed E-state index contributed by atoms with van der Waals surface area (Å²) in [5.41, 5.74) is 0. The number of thiazole rings is 1. The maximum Gasteiger partial charge on any atom is 0.110 e. The predicted molar refractivity (Wildman–Crippen MR) is 78.1 cm³/mol. The SMILES string of the molecule is CCNC1CCN(C(C)c2ncc(C)s2)CC1C. The van der Waals surface area contributed by atoms with Crippen LogP contribution < -0.4 is 5.32 Å². The number of rotatable bonds is 4. The van der Waals surface area contributed by atoms with Crippen molar-refractivity contribution in [3.63, 3.8) is 0 Å². The number of likely N-dealkylation sites (tertiary alicyclic amines) is 1. The highest BCUT2D eigenvalue weighted by Crippen LogP contribution is 2.28. The van der Waals surface area contributed by atoms with Crippen LogP contribution in [0.3, 0.4) is 0 Å². The van der Waals surface area contributed by atoms with Crippen molar-refractivity contribution < 1.29 is 0 Å². The largest absolute Gasteiger partial charge is 0.314 e. The number of aryl methyl sites for hydroxylation is 1. The topological polar surface area (TPSA) is 28.2 Å². The van der Waals surface area contributed by atoms with Gasteiger partial charge in [0, 0.05) is 30.2 Å². The van der Waals surface area contributed by atoms with Gasteiger partial charge in [-0.15, -0.1) is 11.3 Å². The van der Waals surface area contributed by atoms with Crippen molar-refractivity contribution in [3.05, 3.63) is 16.1 Å². The first-order valence-electron chi connectivity index (χ1n) is 7.01. The zero-order valence-electron chi connectivity index (χ0n) is 11.9. The normalized spacial score (nSPS) is 27.3. The Hall–Kier alpha value is -0.450. The Kier molecular flexibility index (Phi) is 4.76. The molecule has 0 bridgehead atoms. The molecule has 0 aliphatic carbocycles. The Bertz CT molecular complexity index is 377. The van der Waals surface area contributed by atoms with Gasteiger partial charge in [0.2, 0.25) is 0 Å². The van der Waals surface area contributed by atoms with Crippen molar-refractivity contribution in [1.82, 2.24) is 15.2 Å². The highest BCUT2D eigenvalue weighted by molar-refractivity contribution is 7.11. The Morgan fingerprint density at radius 3 is 2.94 bits per heavy atom. The fourth-order valence-electron chi connectivity index (χ4n) is 2.82. The molecule has 1 aliphatic rings. The quantitative estimate of drug-likeness (QED) is 0.909. The molecule has 1 aromatic rings. The smallest absolute Gasteiger partial charge is 0.110 e. The van der Waals surface area contributed by atoms with Crippen LogP contribution in [0.1, 0.15) is 43.1 Å². The lowest BCUT2D eigenvalue weighted by Gasteiger charge is -2.39. The van der Waals surface area contributed by atoms with E-state index in [2.05, 4.69) is 42.9 Å². The van der Waals surface area contributed by atoms with Gasteiger partial charge in [-0.1, -0.05) is 13.8 Å². The van der Waals surface area contributed by atoms with Crippen molar-refractivity contribution in [2.45, 2.75) is 46.2 Å². The number of hydrogen-bond donors (Lipinski definition) is 1. The molecule has 2 rings (SSSR count). The van der Waals surface area contributed by atoms with Crippen LogP contribution in [0.5, 0.6) is 0 Å². The monoisotopic (exact) mass is 267 g/mol. The Labute approximate surface area is 115 Å². The molecule has 18 heavy (non-hydrogen) atoms. The molecule has 3 unspecified atom stereocenters. The van der Waals surface area contributed by atoms with Crippen molar-refractivity contribution in [1.29, 1.82) is 0 Å². The van der Waals surface area contributed by atoms with E-state index in [-0.39, 0.29) is 0 Å². The molecule has 1 aliphatic heterocycles. The average Bonchev–Trinajstić information content (AvgIpc) is 2.78. The molecule has 1 fully saturated rings. The van der Waals surface area contributed by atoms with E-state index in [1.807, 2.05) is 17.5 Å². The Morgan fingerprint density at radius 1 is 1.61 bits per heavy atom. The maximum absolute atomic E-state index is 4.53. The van der Waals surface area contributed by atoms with Crippen LogP contribution in [0, 0.1) is 12.8 Å². The molecule has 102 valence electrons. The first kappa shape index (κ1) is 14.0. The van der Waals surface area contributed by atoms with Crippen LogP contribution in [-0.4, -0.2) is 35.6 Å². The molecule has 1 N–H and O–H groups in total.